The molecule has 1 N–H and O–H groups in total. The summed E-state index contributed by atoms with van der Waals surface area (Å²) in [6.45, 7) is 5.22. The molecule has 1 aromatic carbocycles. The van der Waals surface area contributed by atoms with Gasteiger partial charge < -0.3 is 5.11 Å². The summed E-state index contributed by atoms with van der Waals surface area (Å²) in [6, 6.07) is 2.27. The van der Waals surface area contributed by atoms with E-state index >= 15 is 0 Å². The first kappa shape index (κ1) is 15.0. The number of hydrogen-bond acceptors (Lipinski definition) is 3. The van der Waals surface area contributed by atoms with Crippen molar-refractivity contribution in [2.45, 2.75) is 32.8 Å². The highest BCUT2D eigenvalue weighted by atomic mass is 79.9. The lowest BCUT2D eigenvalue weighted by Crippen LogP contribution is -2.21. The van der Waals surface area contributed by atoms with E-state index in [1.165, 1.54) is 0 Å². The molecule has 0 radical (unpaired) electrons. The number of halogens is 2. The predicted molar refractivity (Wildman–Crippen MR) is 70.0 cm³/mol. The van der Waals surface area contributed by atoms with E-state index in [-0.39, 0.29) is 21.6 Å². The minimum atomic E-state index is -0.788. The van der Waals surface area contributed by atoms with Crippen LogP contribution in [0, 0.1) is 21.8 Å². The molecule has 0 bridgehead atoms. The van der Waals surface area contributed by atoms with E-state index in [2.05, 4.69) is 15.9 Å². The van der Waals surface area contributed by atoms with Gasteiger partial charge in [-0.05, 0) is 34.8 Å². The fourth-order valence-corrected chi connectivity index (χ4v) is 2.48. The highest BCUT2D eigenvalue weighted by Crippen LogP contribution is 2.37. The highest BCUT2D eigenvalue weighted by Gasteiger charge is 2.29. The van der Waals surface area contributed by atoms with Crippen molar-refractivity contribution in [2.75, 3.05) is 0 Å². The van der Waals surface area contributed by atoms with Crippen molar-refractivity contribution in [1.29, 1.82) is 0 Å². The van der Waals surface area contributed by atoms with Gasteiger partial charge in [0.15, 0.2) is 0 Å². The van der Waals surface area contributed by atoms with Gasteiger partial charge in [0.25, 0.3) is 5.69 Å². The van der Waals surface area contributed by atoms with Gasteiger partial charge in [0.1, 0.15) is 5.82 Å². The Balaban J connectivity index is 3.45. The molecule has 6 heteroatoms. The molecule has 1 rings (SSSR count). The normalized spacial score (nSPS) is 14.6. The van der Waals surface area contributed by atoms with Crippen LogP contribution in [0.1, 0.15) is 32.3 Å². The first-order valence-electron chi connectivity index (χ1n) is 5.57. The van der Waals surface area contributed by atoms with Gasteiger partial charge in [0, 0.05) is 17.5 Å². The average Bonchev–Trinajstić information content (AvgIpc) is 2.21. The minimum Gasteiger partial charge on any atom is -0.393 e. The summed E-state index contributed by atoms with van der Waals surface area (Å²) in [5.41, 5.74) is 0.0496. The summed E-state index contributed by atoms with van der Waals surface area (Å²) in [5.74, 6) is -1.08. The third kappa shape index (κ3) is 3.05. The van der Waals surface area contributed by atoms with E-state index in [1.807, 2.05) is 13.8 Å². The highest BCUT2D eigenvalue weighted by molar-refractivity contribution is 9.10. The lowest BCUT2D eigenvalue weighted by Gasteiger charge is -2.24. The number of rotatable bonds is 4. The van der Waals surface area contributed by atoms with E-state index in [0.29, 0.717) is 0 Å². The molecule has 0 saturated carbocycles. The largest absolute Gasteiger partial charge is 0.393 e. The van der Waals surface area contributed by atoms with Crippen LogP contribution in [0.4, 0.5) is 10.1 Å². The van der Waals surface area contributed by atoms with Crippen LogP contribution >= 0.6 is 15.9 Å². The Bertz CT molecular complexity index is 455. The van der Waals surface area contributed by atoms with Crippen LogP contribution in [0.2, 0.25) is 0 Å². The number of aliphatic hydroxyl groups is 1. The number of hydrogen-bond donors (Lipinski definition) is 1. The molecule has 0 fully saturated rings. The Morgan fingerprint density at radius 3 is 2.33 bits per heavy atom. The van der Waals surface area contributed by atoms with Crippen LogP contribution in [-0.2, 0) is 0 Å². The standard InChI is InChI=1S/C12H15BrFNO3/c1-6(2)12(7(3)16)8-4-10(14)9(13)5-11(8)15(17)18/h4-7,12,16H,1-3H3. The molecule has 100 valence electrons. The molecule has 2 unspecified atom stereocenters. The predicted octanol–water partition coefficient (Wildman–Crippen LogP) is 3.62. The van der Waals surface area contributed by atoms with Gasteiger partial charge >= 0.3 is 0 Å². The second-order valence-corrected chi connectivity index (χ2v) is 5.45. The Hall–Kier alpha value is -1.01. The molecular weight excluding hydrogens is 305 g/mol. The number of nitrogens with zero attached hydrogens (tertiary/aromatic N) is 1. The number of aliphatic hydroxyl groups excluding tert-OH is 1. The SMILES string of the molecule is CC(C)C(c1cc(F)c(Br)cc1[N+](=O)[O-])C(C)O. The van der Waals surface area contributed by atoms with Gasteiger partial charge in [-0.3, -0.25) is 10.1 Å². The van der Waals surface area contributed by atoms with Crippen LogP contribution in [0.25, 0.3) is 0 Å². The summed E-state index contributed by atoms with van der Waals surface area (Å²) in [4.78, 5) is 10.5. The molecule has 0 amide bonds. The third-order valence-electron chi connectivity index (χ3n) is 2.86. The molecule has 0 spiro atoms. The Labute approximate surface area is 113 Å². The van der Waals surface area contributed by atoms with Gasteiger partial charge in [-0.1, -0.05) is 13.8 Å². The molecule has 2 atom stereocenters. The zero-order valence-corrected chi connectivity index (χ0v) is 11.9. The summed E-state index contributed by atoms with van der Waals surface area (Å²) in [7, 11) is 0. The topological polar surface area (TPSA) is 63.4 Å². The van der Waals surface area contributed by atoms with E-state index in [0.717, 1.165) is 12.1 Å². The Kier molecular flexibility index (Phi) is 4.81. The summed E-state index contributed by atoms with van der Waals surface area (Å²) >= 11 is 2.93. The fraction of sp³-hybridized carbons (Fsp3) is 0.500. The van der Waals surface area contributed by atoms with Gasteiger partial charge in [-0.15, -0.1) is 0 Å². The van der Waals surface area contributed by atoms with Crippen molar-refractivity contribution in [3.8, 4) is 0 Å². The number of nitro groups is 1. The number of nitro benzene ring substituents is 1. The zero-order chi connectivity index (χ0) is 14.0. The van der Waals surface area contributed by atoms with E-state index in [9.17, 15) is 19.6 Å². The Morgan fingerprint density at radius 2 is 1.94 bits per heavy atom. The van der Waals surface area contributed by atoms with Gasteiger partial charge in [0.05, 0.1) is 15.5 Å². The molecule has 0 aliphatic heterocycles. The smallest absolute Gasteiger partial charge is 0.274 e. The van der Waals surface area contributed by atoms with Crippen molar-refractivity contribution in [3.63, 3.8) is 0 Å². The van der Waals surface area contributed by atoms with Crippen LogP contribution in [0.5, 0.6) is 0 Å². The second-order valence-electron chi connectivity index (χ2n) is 4.59. The molecule has 18 heavy (non-hydrogen) atoms. The molecule has 0 aliphatic rings. The Morgan fingerprint density at radius 1 is 1.39 bits per heavy atom. The molecule has 0 aliphatic carbocycles. The maximum atomic E-state index is 13.6. The lowest BCUT2D eigenvalue weighted by atomic mass is 9.83. The monoisotopic (exact) mass is 319 g/mol. The summed E-state index contributed by atoms with van der Waals surface area (Å²) in [5, 5.41) is 20.8. The molecule has 0 aromatic heterocycles. The third-order valence-corrected chi connectivity index (χ3v) is 3.47. The lowest BCUT2D eigenvalue weighted by molar-refractivity contribution is -0.386. The maximum Gasteiger partial charge on any atom is 0.274 e. The van der Waals surface area contributed by atoms with Crippen LogP contribution in [0.15, 0.2) is 16.6 Å². The van der Waals surface area contributed by atoms with Crippen LogP contribution in [0.3, 0.4) is 0 Å². The van der Waals surface area contributed by atoms with E-state index in [4.69, 9.17) is 0 Å². The van der Waals surface area contributed by atoms with Crippen molar-refractivity contribution in [1.82, 2.24) is 0 Å². The molecule has 0 saturated heterocycles. The van der Waals surface area contributed by atoms with Crippen molar-refractivity contribution >= 4 is 21.6 Å². The van der Waals surface area contributed by atoms with Crippen molar-refractivity contribution in [3.05, 3.63) is 38.1 Å². The minimum absolute atomic E-state index is 0.0377. The second kappa shape index (κ2) is 5.75. The van der Waals surface area contributed by atoms with Gasteiger partial charge in [-0.2, -0.15) is 0 Å². The van der Waals surface area contributed by atoms with E-state index in [1.54, 1.807) is 6.92 Å². The molecule has 0 heterocycles. The van der Waals surface area contributed by atoms with Gasteiger partial charge in [0.2, 0.25) is 0 Å². The molecule has 1 aromatic rings. The quantitative estimate of drug-likeness (QED) is 0.681. The average molecular weight is 320 g/mol. The van der Waals surface area contributed by atoms with Gasteiger partial charge in [-0.25, -0.2) is 4.39 Å². The maximum absolute atomic E-state index is 13.6. The van der Waals surface area contributed by atoms with Crippen molar-refractivity contribution < 1.29 is 14.4 Å². The fourth-order valence-electron chi connectivity index (χ4n) is 2.15. The number of benzene rings is 1. The summed E-state index contributed by atoms with van der Waals surface area (Å²) in [6.07, 6.45) is -0.788. The van der Waals surface area contributed by atoms with Crippen molar-refractivity contribution in [2.24, 2.45) is 5.92 Å². The molecule has 4 nitrogen and oxygen atoms in total. The zero-order valence-electron chi connectivity index (χ0n) is 10.4. The first-order chi connectivity index (χ1) is 8.25. The molecular formula is C12H15BrFNO3. The first-order valence-corrected chi connectivity index (χ1v) is 6.36. The van der Waals surface area contributed by atoms with Crippen LogP contribution < -0.4 is 0 Å². The van der Waals surface area contributed by atoms with Crippen LogP contribution in [-0.4, -0.2) is 16.1 Å². The van der Waals surface area contributed by atoms with E-state index < -0.39 is 22.8 Å². The summed E-state index contributed by atoms with van der Waals surface area (Å²) < 4.78 is 13.6.